The molecule has 0 fully saturated rings. The Morgan fingerprint density at radius 2 is 1.84 bits per heavy atom. The molecule has 1 heterocycles. The van der Waals surface area contributed by atoms with Crippen molar-refractivity contribution in [3.8, 4) is 0 Å². The molecule has 0 aromatic heterocycles. The Labute approximate surface area is 192 Å². The van der Waals surface area contributed by atoms with E-state index in [0.717, 1.165) is 16.7 Å². The molecule has 1 aliphatic rings. The third-order valence-electron chi connectivity index (χ3n) is 5.17. The van der Waals surface area contributed by atoms with Crippen LogP contribution in [0.3, 0.4) is 0 Å². The van der Waals surface area contributed by atoms with Crippen molar-refractivity contribution in [2.75, 3.05) is 28.7 Å². The van der Waals surface area contributed by atoms with Gasteiger partial charge in [-0.05, 0) is 62.6 Å². The first-order valence-corrected chi connectivity index (χ1v) is 10.7. The van der Waals surface area contributed by atoms with E-state index >= 15 is 0 Å². The zero-order valence-electron chi connectivity index (χ0n) is 18.5. The summed E-state index contributed by atoms with van der Waals surface area (Å²) in [5.74, 6) is -1.24. The number of nitrogens with zero attached hydrogens (tertiary/aromatic N) is 1. The van der Waals surface area contributed by atoms with Gasteiger partial charge in [-0.2, -0.15) is 0 Å². The van der Waals surface area contributed by atoms with Gasteiger partial charge in [0.1, 0.15) is 6.54 Å². The van der Waals surface area contributed by atoms with Crippen molar-refractivity contribution < 1.29 is 19.1 Å². The lowest BCUT2D eigenvalue weighted by Crippen LogP contribution is -2.37. The molecule has 7 nitrogen and oxygen atoms in total. The highest BCUT2D eigenvalue weighted by atomic mass is 35.5. The van der Waals surface area contributed by atoms with Gasteiger partial charge in [0.2, 0.25) is 5.91 Å². The summed E-state index contributed by atoms with van der Waals surface area (Å²) in [6, 6.07) is 9.09. The molecule has 2 N–H and O–H groups in total. The molecule has 8 heteroatoms. The molecule has 2 aromatic carbocycles. The van der Waals surface area contributed by atoms with Gasteiger partial charge >= 0.3 is 5.97 Å². The van der Waals surface area contributed by atoms with Gasteiger partial charge in [-0.3, -0.25) is 19.3 Å². The quantitative estimate of drug-likeness (QED) is 0.626. The van der Waals surface area contributed by atoms with Crippen LogP contribution in [-0.4, -0.2) is 30.9 Å². The van der Waals surface area contributed by atoms with Crippen molar-refractivity contribution in [2.24, 2.45) is 0 Å². The number of halogens is 1. The monoisotopic (exact) mass is 455 g/mol. The van der Waals surface area contributed by atoms with Crippen LogP contribution in [0.4, 0.5) is 17.1 Å². The van der Waals surface area contributed by atoms with Crippen LogP contribution in [0.2, 0.25) is 5.02 Å². The van der Waals surface area contributed by atoms with Gasteiger partial charge in [-0.25, -0.2) is 0 Å². The molecule has 0 atom stereocenters. The smallest absolute Gasteiger partial charge is 0.311 e. The molecule has 0 saturated heterocycles. The number of hydrogen-bond donors (Lipinski definition) is 2. The SMILES string of the molecule is CCOC(=O)CC1=CC(=O)N(CC(=O)Nc2cccc(C)c2Cl)c2cc(C)c(C)cc2N1. The number of rotatable bonds is 6. The largest absolute Gasteiger partial charge is 0.466 e. The van der Waals surface area contributed by atoms with Crippen LogP contribution in [0.5, 0.6) is 0 Å². The fourth-order valence-electron chi connectivity index (χ4n) is 3.38. The van der Waals surface area contributed by atoms with Crippen molar-refractivity contribution in [1.29, 1.82) is 0 Å². The summed E-state index contributed by atoms with van der Waals surface area (Å²) in [6.45, 7) is 7.49. The third kappa shape index (κ3) is 5.29. The van der Waals surface area contributed by atoms with E-state index in [1.807, 2.05) is 39.0 Å². The molecular weight excluding hydrogens is 430 g/mol. The Balaban J connectivity index is 1.91. The number of carbonyl (C=O) groups is 3. The third-order valence-corrected chi connectivity index (χ3v) is 5.67. The first kappa shape index (κ1) is 23.3. The second-order valence-corrected chi connectivity index (χ2v) is 8.02. The van der Waals surface area contributed by atoms with Gasteiger partial charge < -0.3 is 15.4 Å². The summed E-state index contributed by atoms with van der Waals surface area (Å²) < 4.78 is 5.01. The van der Waals surface area contributed by atoms with Crippen molar-refractivity contribution in [3.63, 3.8) is 0 Å². The molecule has 0 radical (unpaired) electrons. The molecule has 0 spiro atoms. The summed E-state index contributed by atoms with van der Waals surface area (Å²) in [5.41, 5.74) is 4.90. The van der Waals surface area contributed by atoms with Crippen LogP contribution >= 0.6 is 11.6 Å². The number of benzene rings is 2. The number of amides is 2. The lowest BCUT2D eigenvalue weighted by Gasteiger charge is -2.23. The highest BCUT2D eigenvalue weighted by molar-refractivity contribution is 6.34. The first-order valence-electron chi connectivity index (χ1n) is 10.3. The van der Waals surface area contributed by atoms with E-state index in [-0.39, 0.29) is 19.6 Å². The van der Waals surface area contributed by atoms with Crippen LogP contribution in [0.15, 0.2) is 42.1 Å². The Kier molecular flexibility index (Phi) is 7.20. The number of hydrogen-bond acceptors (Lipinski definition) is 5. The molecule has 2 aromatic rings. The van der Waals surface area contributed by atoms with Crippen LogP contribution in [0.1, 0.15) is 30.0 Å². The molecule has 32 heavy (non-hydrogen) atoms. The highest BCUT2D eigenvalue weighted by Gasteiger charge is 2.26. The lowest BCUT2D eigenvalue weighted by atomic mass is 10.1. The van der Waals surface area contributed by atoms with Crippen LogP contribution in [0, 0.1) is 20.8 Å². The summed E-state index contributed by atoms with van der Waals surface area (Å²) >= 11 is 6.29. The van der Waals surface area contributed by atoms with E-state index in [9.17, 15) is 14.4 Å². The van der Waals surface area contributed by atoms with E-state index in [0.29, 0.717) is 27.8 Å². The second-order valence-electron chi connectivity index (χ2n) is 7.64. The Bertz CT molecular complexity index is 1110. The zero-order chi connectivity index (χ0) is 23.4. The minimum Gasteiger partial charge on any atom is -0.466 e. The van der Waals surface area contributed by atoms with E-state index < -0.39 is 17.8 Å². The van der Waals surface area contributed by atoms with Crippen molar-refractivity contribution >= 4 is 46.4 Å². The minimum absolute atomic E-state index is 0.0785. The van der Waals surface area contributed by atoms with E-state index in [4.69, 9.17) is 16.3 Å². The van der Waals surface area contributed by atoms with E-state index in [1.165, 1.54) is 11.0 Å². The van der Waals surface area contributed by atoms with Gasteiger partial charge in [0, 0.05) is 11.8 Å². The zero-order valence-corrected chi connectivity index (χ0v) is 19.3. The average Bonchev–Trinajstić information content (AvgIpc) is 2.83. The number of anilines is 3. The Morgan fingerprint density at radius 3 is 2.56 bits per heavy atom. The fraction of sp³-hybridized carbons (Fsp3) is 0.292. The highest BCUT2D eigenvalue weighted by Crippen LogP contribution is 2.34. The average molecular weight is 456 g/mol. The Hall–Kier alpha value is -3.32. The molecule has 3 rings (SSSR count). The molecule has 0 unspecified atom stereocenters. The number of nitrogens with one attached hydrogen (secondary N) is 2. The molecule has 168 valence electrons. The van der Waals surface area contributed by atoms with Gasteiger partial charge in [-0.1, -0.05) is 23.7 Å². The van der Waals surface area contributed by atoms with E-state index in [1.54, 1.807) is 19.1 Å². The number of ether oxygens (including phenoxy) is 1. The van der Waals surface area contributed by atoms with Crippen molar-refractivity contribution in [2.45, 2.75) is 34.1 Å². The fourth-order valence-corrected chi connectivity index (χ4v) is 3.56. The van der Waals surface area contributed by atoms with Crippen LogP contribution in [-0.2, 0) is 19.1 Å². The standard InChI is InChI=1S/C24H26ClN3O4/c1-5-32-23(31)12-17-11-22(30)28(20-10-16(4)15(3)9-19(20)26-17)13-21(29)27-18-8-6-7-14(2)24(18)25/h6-11,26H,5,12-13H2,1-4H3,(H,27,29). The van der Waals surface area contributed by atoms with Gasteiger partial charge in [0.15, 0.2) is 0 Å². The van der Waals surface area contributed by atoms with Gasteiger partial charge in [0.05, 0.1) is 35.1 Å². The molecule has 2 amide bonds. The van der Waals surface area contributed by atoms with Crippen molar-refractivity contribution in [1.82, 2.24) is 0 Å². The maximum absolute atomic E-state index is 13.1. The predicted molar refractivity (Wildman–Crippen MR) is 126 cm³/mol. The number of fused-ring (bicyclic) bond motifs is 1. The minimum atomic E-state index is -0.440. The van der Waals surface area contributed by atoms with E-state index in [2.05, 4.69) is 10.6 Å². The molecule has 1 aliphatic heterocycles. The van der Waals surface area contributed by atoms with Crippen LogP contribution in [0.25, 0.3) is 0 Å². The summed E-state index contributed by atoms with van der Waals surface area (Å²) in [6.07, 6.45) is 1.25. The van der Waals surface area contributed by atoms with Crippen molar-refractivity contribution in [3.05, 3.63) is 63.8 Å². The lowest BCUT2D eigenvalue weighted by molar-refractivity contribution is -0.142. The molecule has 0 aliphatic carbocycles. The maximum atomic E-state index is 13.1. The summed E-state index contributed by atoms with van der Waals surface area (Å²) in [7, 11) is 0. The predicted octanol–water partition coefficient (Wildman–Crippen LogP) is 4.50. The number of esters is 1. The molecular formula is C24H26ClN3O4. The number of aryl methyl sites for hydroxylation is 3. The van der Waals surface area contributed by atoms with Crippen LogP contribution < -0.4 is 15.5 Å². The number of carbonyl (C=O) groups excluding carboxylic acids is 3. The summed E-state index contributed by atoms with van der Waals surface area (Å²) in [4.78, 5) is 39.3. The van der Waals surface area contributed by atoms with Gasteiger partial charge in [0.25, 0.3) is 5.91 Å². The second kappa shape index (κ2) is 9.87. The van der Waals surface area contributed by atoms with Gasteiger partial charge in [-0.15, -0.1) is 0 Å². The summed E-state index contributed by atoms with van der Waals surface area (Å²) in [5, 5.41) is 6.39. The normalized spacial score (nSPS) is 13.0. The maximum Gasteiger partial charge on any atom is 0.311 e. The Morgan fingerprint density at radius 1 is 1.12 bits per heavy atom. The first-order chi connectivity index (χ1) is 15.2. The molecule has 0 saturated carbocycles. The molecule has 0 bridgehead atoms. The topological polar surface area (TPSA) is 87.7 Å².